The van der Waals surface area contributed by atoms with Gasteiger partial charge in [-0.2, -0.15) is 0 Å². The Morgan fingerprint density at radius 2 is 2.24 bits per heavy atom. The first-order chi connectivity index (χ1) is 8.24. The average molecular weight is 229 g/mol. The highest BCUT2D eigenvalue weighted by atomic mass is 16.1. The van der Waals surface area contributed by atoms with Crippen molar-refractivity contribution >= 4 is 16.8 Å². The molecule has 1 aliphatic rings. The lowest BCUT2D eigenvalue weighted by atomic mass is 10.1. The van der Waals surface area contributed by atoms with E-state index in [0.29, 0.717) is 22.5 Å². The van der Waals surface area contributed by atoms with Gasteiger partial charge in [-0.15, -0.1) is 0 Å². The summed E-state index contributed by atoms with van der Waals surface area (Å²) in [5.41, 5.74) is 0.892. The second kappa shape index (κ2) is 3.69. The molecule has 0 atom stereocenters. The molecule has 1 aromatic heterocycles. The summed E-state index contributed by atoms with van der Waals surface area (Å²) < 4.78 is 0. The van der Waals surface area contributed by atoms with E-state index in [4.69, 9.17) is 0 Å². The molecule has 5 heteroatoms. The van der Waals surface area contributed by atoms with Crippen LogP contribution < -0.4 is 10.9 Å². The van der Waals surface area contributed by atoms with Crippen LogP contribution in [0.1, 0.15) is 23.2 Å². The lowest BCUT2D eigenvalue weighted by Crippen LogP contribution is -2.25. The molecule has 0 bridgehead atoms. The number of fused-ring (bicyclic) bond motifs is 1. The maximum absolute atomic E-state index is 11.8. The summed E-state index contributed by atoms with van der Waals surface area (Å²) in [5.74, 6) is -0.100. The van der Waals surface area contributed by atoms with Crippen LogP contribution in [0.5, 0.6) is 0 Å². The summed E-state index contributed by atoms with van der Waals surface area (Å²) in [6.07, 6.45) is 3.45. The molecule has 0 spiro atoms. The molecule has 86 valence electrons. The van der Waals surface area contributed by atoms with Gasteiger partial charge >= 0.3 is 0 Å². The van der Waals surface area contributed by atoms with Crippen LogP contribution in [0, 0.1) is 0 Å². The van der Waals surface area contributed by atoms with E-state index in [0.717, 1.165) is 12.8 Å². The highest BCUT2D eigenvalue weighted by Crippen LogP contribution is 2.19. The Balaban J connectivity index is 2.01. The predicted molar refractivity (Wildman–Crippen MR) is 62.9 cm³/mol. The minimum absolute atomic E-state index is 0.100. The number of carbonyl (C=O) groups excluding carboxylic acids is 1. The molecule has 0 saturated heterocycles. The van der Waals surface area contributed by atoms with Gasteiger partial charge in [-0.1, -0.05) is 0 Å². The van der Waals surface area contributed by atoms with Crippen LogP contribution in [0.4, 0.5) is 0 Å². The molecule has 3 rings (SSSR count). The predicted octanol–water partition coefficient (Wildman–Crippen LogP) is 0.815. The largest absolute Gasteiger partial charge is 0.349 e. The molecule has 1 saturated carbocycles. The number of H-pyrrole nitrogens is 1. The Labute approximate surface area is 96.9 Å². The van der Waals surface area contributed by atoms with Gasteiger partial charge in [0.15, 0.2) is 0 Å². The van der Waals surface area contributed by atoms with Gasteiger partial charge in [0.1, 0.15) is 0 Å². The number of carbonyl (C=O) groups is 1. The number of aromatic nitrogens is 2. The number of rotatable bonds is 2. The van der Waals surface area contributed by atoms with Crippen LogP contribution >= 0.6 is 0 Å². The molecule has 0 radical (unpaired) electrons. The van der Waals surface area contributed by atoms with Crippen molar-refractivity contribution in [2.24, 2.45) is 0 Å². The first-order valence-corrected chi connectivity index (χ1v) is 5.52. The fourth-order valence-corrected chi connectivity index (χ4v) is 1.71. The van der Waals surface area contributed by atoms with Crippen LogP contribution in [0.3, 0.4) is 0 Å². The zero-order valence-electron chi connectivity index (χ0n) is 9.06. The van der Waals surface area contributed by atoms with Gasteiger partial charge in [0.2, 0.25) is 0 Å². The third kappa shape index (κ3) is 1.91. The van der Waals surface area contributed by atoms with Crippen molar-refractivity contribution in [1.82, 2.24) is 15.3 Å². The monoisotopic (exact) mass is 229 g/mol. The van der Waals surface area contributed by atoms with Crippen molar-refractivity contribution in [2.45, 2.75) is 18.9 Å². The van der Waals surface area contributed by atoms with Crippen molar-refractivity contribution < 1.29 is 4.79 Å². The van der Waals surface area contributed by atoms with E-state index in [1.807, 2.05) is 0 Å². The van der Waals surface area contributed by atoms with E-state index in [-0.39, 0.29) is 11.5 Å². The van der Waals surface area contributed by atoms with E-state index < -0.39 is 0 Å². The molecule has 2 N–H and O–H groups in total. The van der Waals surface area contributed by atoms with E-state index in [1.165, 1.54) is 6.33 Å². The third-order valence-corrected chi connectivity index (χ3v) is 2.82. The first-order valence-electron chi connectivity index (χ1n) is 5.52. The van der Waals surface area contributed by atoms with Gasteiger partial charge in [-0.3, -0.25) is 9.59 Å². The van der Waals surface area contributed by atoms with E-state index >= 15 is 0 Å². The van der Waals surface area contributed by atoms with Crippen LogP contribution in [0.2, 0.25) is 0 Å². The molecule has 1 aliphatic carbocycles. The van der Waals surface area contributed by atoms with E-state index in [1.54, 1.807) is 18.2 Å². The molecule has 2 aromatic rings. The average Bonchev–Trinajstić information content (AvgIpc) is 3.13. The van der Waals surface area contributed by atoms with Crippen molar-refractivity contribution in [3.05, 3.63) is 40.4 Å². The summed E-state index contributed by atoms with van der Waals surface area (Å²) in [6.45, 7) is 0. The second-order valence-corrected chi connectivity index (χ2v) is 4.21. The quantitative estimate of drug-likeness (QED) is 0.800. The minimum atomic E-state index is -0.191. The Hall–Kier alpha value is -2.17. The zero-order chi connectivity index (χ0) is 11.8. The smallest absolute Gasteiger partial charge is 0.258 e. The number of amides is 1. The Kier molecular flexibility index (Phi) is 2.18. The number of hydrogen-bond donors (Lipinski definition) is 2. The van der Waals surface area contributed by atoms with Gasteiger partial charge in [0, 0.05) is 11.6 Å². The Morgan fingerprint density at radius 3 is 3.00 bits per heavy atom. The minimum Gasteiger partial charge on any atom is -0.349 e. The van der Waals surface area contributed by atoms with Gasteiger partial charge < -0.3 is 10.3 Å². The molecule has 17 heavy (non-hydrogen) atoms. The maximum atomic E-state index is 11.8. The number of hydrogen-bond acceptors (Lipinski definition) is 3. The lowest BCUT2D eigenvalue weighted by Gasteiger charge is -2.03. The molecule has 1 amide bonds. The van der Waals surface area contributed by atoms with Crippen molar-refractivity contribution in [1.29, 1.82) is 0 Å². The number of nitrogens with zero attached hydrogens (tertiary/aromatic N) is 1. The van der Waals surface area contributed by atoms with Crippen molar-refractivity contribution in [3.8, 4) is 0 Å². The van der Waals surface area contributed by atoms with E-state index in [2.05, 4.69) is 15.3 Å². The third-order valence-electron chi connectivity index (χ3n) is 2.82. The standard InChI is InChI=1S/C12H11N3O2/c16-11(15-8-2-3-8)7-1-4-9-10(5-7)13-6-14-12(9)17/h1,4-6,8H,2-3H2,(H,15,16)(H,13,14,17). The van der Waals surface area contributed by atoms with Gasteiger partial charge in [0.25, 0.3) is 11.5 Å². The van der Waals surface area contributed by atoms with Crippen LogP contribution in [0.15, 0.2) is 29.3 Å². The van der Waals surface area contributed by atoms with E-state index in [9.17, 15) is 9.59 Å². The summed E-state index contributed by atoms with van der Waals surface area (Å²) in [6, 6.07) is 5.24. The number of aromatic amines is 1. The second-order valence-electron chi connectivity index (χ2n) is 4.21. The molecule has 1 heterocycles. The summed E-state index contributed by atoms with van der Waals surface area (Å²) in [5, 5.41) is 3.39. The molecular formula is C12H11N3O2. The van der Waals surface area contributed by atoms with Gasteiger partial charge in [-0.25, -0.2) is 4.98 Å². The van der Waals surface area contributed by atoms with Crippen LogP contribution in [-0.2, 0) is 0 Å². The molecule has 1 aromatic carbocycles. The highest BCUT2D eigenvalue weighted by Gasteiger charge is 2.23. The SMILES string of the molecule is O=C(NC1CC1)c1ccc2c(=O)[nH]cnc2c1. The molecule has 0 aliphatic heterocycles. The summed E-state index contributed by atoms with van der Waals surface area (Å²) >= 11 is 0. The van der Waals surface area contributed by atoms with Crippen LogP contribution in [0.25, 0.3) is 10.9 Å². The Bertz CT molecular complexity index is 643. The van der Waals surface area contributed by atoms with Crippen molar-refractivity contribution in [3.63, 3.8) is 0 Å². The van der Waals surface area contributed by atoms with Gasteiger partial charge in [-0.05, 0) is 31.0 Å². The fourth-order valence-electron chi connectivity index (χ4n) is 1.71. The van der Waals surface area contributed by atoms with Crippen LogP contribution in [-0.4, -0.2) is 21.9 Å². The molecule has 0 unspecified atom stereocenters. The number of nitrogens with one attached hydrogen (secondary N) is 2. The molecular weight excluding hydrogens is 218 g/mol. The van der Waals surface area contributed by atoms with Crippen molar-refractivity contribution in [2.75, 3.05) is 0 Å². The molecule has 5 nitrogen and oxygen atoms in total. The summed E-state index contributed by atoms with van der Waals surface area (Å²) in [7, 11) is 0. The topological polar surface area (TPSA) is 74.8 Å². The fraction of sp³-hybridized carbons (Fsp3) is 0.250. The van der Waals surface area contributed by atoms with Gasteiger partial charge in [0.05, 0.1) is 17.2 Å². The Morgan fingerprint density at radius 1 is 1.41 bits per heavy atom. The highest BCUT2D eigenvalue weighted by molar-refractivity contribution is 5.97. The molecule has 1 fully saturated rings. The number of benzene rings is 1. The normalized spacial score (nSPS) is 14.8. The maximum Gasteiger partial charge on any atom is 0.258 e. The first kappa shape index (κ1) is 10.0. The lowest BCUT2D eigenvalue weighted by molar-refractivity contribution is 0.0951. The zero-order valence-corrected chi connectivity index (χ0v) is 9.06. The summed E-state index contributed by atoms with van der Waals surface area (Å²) in [4.78, 5) is 29.8.